The van der Waals surface area contributed by atoms with Crippen LogP contribution in [-0.2, 0) is 6.42 Å². The average molecular weight is 317 g/mol. The first-order valence-electron chi connectivity index (χ1n) is 8.30. The van der Waals surface area contributed by atoms with Crippen LogP contribution in [0.2, 0.25) is 0 Å². The maximum Gasteiger partial charge on any atom is 0.0933 e. The number of hydrogen-bond donors (Lipinski definition) is 0. The van der Waals surface area contributed by atoms with E-state index < -0.39 is 0 Å². The maximum absolute atomic E-state index is 4.88. The molecule has 0 saturated heterocycles. The summed E-state index contributed by atoms with van der Waals surface area (Å²) in [5.41, 5.74) is 6.46. The fourth-order valence-electron chi connectivity index (χ4n) is 3.12. The van der Waals surface area contributed by atoms with Gasteiger partial charge in [-0.15, -0.1) is 11.3 Å². The summed E-state index contributed by atoms with van der Waals surface area (Å²) in [6, 6.07) is 4.50. The van der Waals surface area contributed by atoms with Gasteiger partial charge in [0.25, 0.3) is 0 Å². The molecule has 22 heavy (non-hydrogen) atoms. The first-order valence-corrected chi connectivity index (χ1v) is 9.18. The molecule has 2 aromatic rings. The summed E-state index contributed by atoms with van der Waals surface area (Å²) in [7, 11) is 0. The molecule has 1 aromatic heterocycles. The number of thiazole rings is 1. The second kappa shape index (κ2) is 7.89. The molecule has 1 aromatic carbocycles. The van der Waals surface area contributed by atoms with E-state index in [2.05, 4.69) is 57.0 Å². The van der Waals surface area contributed by atoms with Crippen LogP contribution in [0.4, 0.5) is 0 Å². The van der Waals surface area contributed by atoms with Crippen LogP contribution >= 0.6 is 11.3 Å². The highest BCUT2D eigenvalue weighted by Crippen LogP contribution is 2.29. The monoisotopic (exact) mass is 316 g/mol. The maximum atomic E-state index is 4.88. The molecule has 2 nitrogen and oxygen atoms in total. The predicted octanol–water partition coefficient (Wildman–Crippen LogP) is 5.01. The van der Waals surface area contributed by atoms with Crippen LogP contribution in [0.25, 0.3) is 11.3 Å². The van der Waals surface area contributed by atoms with E-state index in [0.717, 1.165) is 25.2 Å². The molecule has 0 radical (unpaired) electrons. The van der Waals surface area contributed by atoms with Crippen molar-refractivity contribution in [2.75, 3.05) is 19.6 Å². The van der Waals surface area contributed by atoms with Gasteiger partial charge in [0.1, 0.15) is 0 Å². The Morgan fingerprint density at radius 3 is 2.27 bits per heavy atom. The molecule has 0 atom stereocenters. The molecule has 0 aliphatic carbocycles. The molecule has 0 saturated carbocycles. The van der Waals surface area contributed by atoms with Gasteiger partial charge in [0, 0.05) is 17.4 Å². The molecule has 0 amide bonds. The van der Waals surface area contributed by atoms with Gasteiger partial charge in [0.05, 0.1) is 10.7 Å². The highest BCUT2D eigenvalue weighted by molar-refractivity contribution is 7.09. The molecular weight excluding hydrogens is 288 g/mol. The number of hydrogen-bond acceptors (Lipinski definition) is 3. The van der Waals surface area contributed by atoms with Crippen molar-refractivity contribution in [1.82, 2.24) is 9.88 Å². The molecule has 0 spiro atoms. The highest BCUT2D eigenvalue weighted by atomic mass is 32.1. The number of nitrogens with zero attached hydrogens (tertiary/aromatic N) is 2. The number of benzene rings is 1. The minimum atomic E-state index is 1.09. The lowest BCUT2D eigenvalue weighted by atomic mass is 9.98. The van der Waals surface area contributed by atoms with Crippen molar-refractivity contribution in [3.05, 3.63) is 39.2 Å². The normalized spacial score (nSPS) is 11.4. The summed E-state index contributed by atoms with van der Waals surface area (Å²) in [4.78, 5) is 7.36. The van der Waals surface area contributed by atoms with Gasteiger partial charge in [-0.25, -0.2) is 4.98 Å². The summed E-state index contributed by atoms with van der Waals surface area (Å²) in [6.07, 6.45) is 2.28. The van der Waals surface area contributed by atoms with Crippen molar-refractivity contribution in [3.8, 4) is 11.3 Å². The van der Waals surface area contributed by atoms with E-state index in [1.807, 2.05) is 0 Å². The first-order chi connectivity index (χ1) is 10.5. The topological polar surface area (TPSA) is 16.1 Å². The molecule has 0 unspecified atom stereocenters. The average Bonchev–Trinajstić information content (AvgIpc) is 2.91. The van der Waals surface area contributed by atoms with Gasteiger partial charge < -0.3 is 4.90 Å². The summed E-state index contributed by atoms with van der Waals surface area (Å²) < 4.78 is 0. The molecule has 0 N–H and O–H groups in total. The summed E-state index contributed by atoms with van der Waals surface area (Å²) in [6.45, 7) is 14.4. The third-order valence-corrected chi connectivity index (χ3v) is 5.15. The zero-order chi connectivity index (χ0) is 16.1. The van der Waals surface area contributed by atoms with Crippen LogP contribution in [0.15, 0.2) is 17.5 Å². The van der Waals surface area contributed by atoms with Gasteiger partial charge in [0.2, 0.25) is 0 Å². The minimum Gasteiger partial charge on any atom is -0.304 e. The lowest BCUT2D eigenvalue weighted by Gasteiger charge is -2.16. The van der Waals surface area contributed by atoms with E-state index in [0.29, 0.717) is 0 Å². The predicted molar refractivity (Wildman–Crippen MR) is 97.9 cm³/mol. The third-order valence-electron chi connectivity index (χ3n) is 4.24. The quantitative estimate of drug-likeness (QED) is 0.714. The van der Waals surface area contributed by atoms with Crippen LogP contribution in [-0.4, -0.2) is 29.5 Å². The summed E-state index contributed by atoms with van der Waals surface area (Å²) in [5.74, 6) is 0. The Kier molecular flexibility index (Phi) is 6.16. The number of rotatable bonds is 7. The first kappa shape index (κ1) is 17.2. The van der Waals surface area contributed by atoms with Crippen molar-refractivity contribution in [2.24, 2.45) is 0 Å². The number of aromatic nitrogens is 1. The Bertz CT molecular complexity index is 589. The molecule has 0 aliphatic rings. The zero-order valence-electron chi connectivity index (χ0n) is 14.6. The van der Waals surface area contributed by atoms with E-state index in [1.165, 1.54) is 40.2 Å². The van der Waals surface area contributed by atoms with Crippen LogP contribution in [0.3, 0.4) is 0 Å². The van der Waals surface area contributed by atoms with Crippen LogP contribution in [0, 0.1) is 20.8 Å². The Balaban J connectivity index is 2.06. The highest BCUT2D eigenvalue weighted by Gasteiger charge is 2.11. The van der Waals surface area contributed by atoms with Gasteiger partial charge in [-0.2, -0.15) is 0 Å². The van der Waals surface area contributed by atoms with Crippen LogP contribution < -0.4 is 0 Å². The summed E-state index contributed by atoms with van der Waals surface area (Å²) >= 11 is 1.80. The SMILES string of the molecule is CCN(CC)CCCc1nc(-c2c(C)cc(C)cc2C)cs1. The van der Waals surface area contributed by atoms with Gasteiger partial charge in [-0.05, 0) is 58.0 Å². The van der Waals surface area contributed by atoms with Crippen molar-refractivity contribution in [2.45, 2.75) is 47.5 Å². The van der Waals surface area contributed by atoms with Gasteiger partial charge in [0.15, 0.2) is 0 Å². The van der Waals surface area contributed by atoms with Crippen molar-refractivity contribution in [3.63, 3.8) is 0 Å². The standard InChI is InChI=1S/C19H28N2S/c1-6-21(7-2)10-8-9-18-20-17(13-22-18)19-15(4)11-14(3)12-16(19)5/h11-13H,6-10H2,1-5H3. The smallest absolute Gasteiger partial charge is 0.0933 e. The fraction of sp³-hybridized carbons (Fsp3) is 0.526. The van der Waals surface area contributed by atoms with Crippen molar-refractivity contribution in [1.29, 1.82) is 0 Å². The molecule has 0 bridgehead atoms. The van der Waals surface area contributed by atoms with Gasteiger partial charge in [-0.3, -0.25) is 0 Å². The Morgan fingerprint density at radius 2 is 1.68 bits per heavy atom. The Morgan fingerprint density at radius 1 is 1.05 bits per heavy atom. The zero-order valence-corrected chi connectivity index (χ0v) is 15.4. The largest absolute Gasteiger partial charge is 0.304 e. The van der Waals surface area contributed by atoms with Crippen molar-refractivity contribution >= 4 is 11.3 Å². The summed E-state index contributed by atoms with van der Waals surface area (Å²) in [5, 5.41) is 3.48. The van der Waals surface area contributed by atoms with Crippen molar-refractivity contribution < 1.29 is 0 Å². The molecule has 1 heterocycles. The third kappa shape index (κ3) is 4.17. The molecular formula is C19H28N2S. The molecule has 2 rings (SSSR count). The number of aryl methyl sites for hydroxylation is 4. The van der Waals surface area contributed by atoms with Gasteiger partial charge in [-0.1, -0.05) is 31.5 Å². The van der Waals surface area contributed by atoms with Crippen LogP contribution in [0.1, 0.15) is 42.0 Å². The second-order valence-corrected chi connectivity index (χ2v) is 6.97. The van der Waals surface area contributed by atoms with Crippen LogP contribution in [0.5, 0.6) is 0 Å². The van der Waals surface area contributed by atoms with E-state index >= 15 is 0 Å². The van der Waals surface area contributed by atoms with E-state index in [4.69, 9.17) is 4.98 Å². The molecule has 3 heteroatoms. The van der Waals surface area contributed by atoms with E-state index in [9.17, 15) is 0 Å². The van der Waals surface area contributed by atoms with Gasteiger partial charge >= 0.3 is 0 Å². The fourth-order valence-corrected chi connectivity index (χ4v) is 3.95. The van der Waals surface area contributed by atoms with E-state index in [-0.39, 0.29) is 0 Å². The second-order valence-electron chi connectivity index (χ2n) is 6.03. The Labute approximate surface area is 139 Å². The lowest BCUT2D eigenvalue weighted by Crippen LogP contribution is -2.24. The molecule has 0 fully saturated rings. The molecule has 0 aliphatic heterocycles. The Hall–Kier alpha value is -1.19. The minimum absolute atomic E-state index is 1.09. The van der Waals surface area contributed by atoms with E-state index in [1.54, 1.807) is 11.3 Å². The lowest BCUT2D eigenvalue weighted by molar-refractivity contribution is 0.300. The molecule has 120 valence electrons.